The number of aryl methyl sites for hydroxylation is 2. The summed E-state index contributed by atoms with van der Waals surface area (Å²) in [7, 11) is 0. The Bertz CT molecular complexity index is 486. The van der Waals surface area contributed by atoms with Crippen LogP contribution in [0.15, 0.2) is 34.9 Å². The van der Waals surface area contributed by atoms with Crippen molar-refractivity contribution in [2.24, 2.45) is 5.73 Å². The molecule has 19 heavy (non-hydrogen) atoms. The molecule has 1 atom stereocenters. The van der Waals surface area contributed by atoms with Gasteiger partial charge in [0.25, 0.3) is 0 Å². The molecule has 2 rings (SSSR count). The lowest BCUT2D eigenvalue weighted by Gasteiger charge is -2.03. The predicted molar refractivity (Wildman–Crippen MR) is 78.1 cm³/mol. The summed E-state index contributed by atoms with van der Waals surface area (Å²) in [6.07, 6.45) is 4.62. The normalized spacial score (nSPS) is 12.5. The molecule has 0 unspecified atom stereocenters. The lowest BCUT2D eigenvalue weighted by atomic mass is 10.1. The van der Waals surface area contributed by atoms with E-state index in [9.17, 15) is 0 Å². The molecule has 0 aliphatic rings. The van der Waals surface area contributed by atoms with Gasteiger partial charge in [-0.25, -0.2) is 0 Å². The molecule has 0 saturated carbocycles. The van der Waals surface area contributed by atoms with Crippen LogP contribution in [0.4, 0.5) is 0 Å². The van der Waals surface area contributed by atoms with Crippen molar-refractivity contribution in [2.75, 3.05) is 12.0 Å². The van der Waals surface area contributed by atoms with Crippen LogP contribution in [0.25, 0.3) is 0 Å². The second kappa shape index (κ2) is 7.31. The van der Waals surface area contributed by atoms with Gasteiger partial charge in [0.15, 0.2) is 5.82 Å². The molecule has 0 saturated heterocycles. The molecule has 102 valence electrons. The third-order valence-electron chi connectivity index (χ3n) is 2.91. The van der Waals surface area contributed by atoms with Crippen molar-refractivity contribution in [3.63, 3.8) is 0 Å². The van der Waals surface area contributed by atoms with Gasteiger partial charge in [-0.15, -0.1) is 0 Å². The second-order valence-corrected chi connectivity index (χ2v) is 5.41. The van der Waals surface area contributed by atoms with Crippen molar-refractivity contribution in [2.45, 2.75) is 25.3 Å². The molecule has 0 fully saturated rings. The molecule has 0 radical (unpaired) electrons. The summed E-state index contributed by atoms with van der Waals surface area (Å²) >= 11 is 1.77. The van der Waals surface area contributed by atoms with Gasteiger partial charge in [-0.05, 0) is 30.4 Å². The van der Waals surface area contributed by atoms with E-state index in [4.69, 9.17) is 10.3 Å². The van der Waals surface area contributed by atoms with Crippen LogP contribution in [-0.2, 0) is 12.8 Å². The molecule has 2 aromatic rings. The summed E-state index contributed by atoms with van der Waals surface area (Å²) in [4.78, 5) is 4.37. The maximum atomic E-state index is 5.99. The molecule has 0 spiro atoms. The number of aromatic nitrogens is 2. The third-order valence-corrected chi connectivity index (χ3v) is 3.56. The molecule has 0 aliphatic heterocycles. The Morgan fingerprint density at radius 1 is 1.26 bits per heavy atom. The summed E-state index contributed by atoms with van der Waals surface area (Å²) in [6, 6.07) is 10.1. The molecular weight excluding hydrogens is 258 g/mol. The Kier molecular flexibility index (Phi) is 5.42. The van der Waals surface area contributed by atoms with E-state index < -0.39 is 0 Å². The number of benzene rings is 1. The quantitative estimate of drug-likeness (QED) is 0.842. The lowest BCUT2D eigenvalue weighted by Crippen LogP contribution is -2.11. The molecule has 1 aromatic carbocycles. The SMILES string of the molecule is CSCC[C@H](N)c1nc(CCc2ccccc2)no1. The van der Waals surface area contributed by atoms with Gasteiger partial charge in [0.1, 0.15) is 0 Å². The van der Waals surface area contributed by atoms with Gasteiger partial charge < -0.3 is 10.3 Å². The number of nitrogens with two attached hydrogens (primary N) is 1. The minimum Gasteiger partial charge on any atom is -0.338 e. The van der Waals surface area contributed by atoms with Crippen molar-refractivity contribution in [1.29, 1.82) is 0 Å². The number of hydrogen-bond acceptors (Lipinski definition) is 5. The first-order valence-electron chi connectivity index (χ1n) is 6.40. The van der Waals surface area contributed by atoms with Crippen LogP contribution in [0.3, 0.4) is 0 Å². The Labute approximate surface area is 117 Å². The fourth-order valence-corrected chi connectivity index (χ4v) is 2.28. The monoisotopic (exact) mass is 277 g/mol. The maximum Gasteiger partial charge on any atom is 0.243 e. The van der Waals surface area contributed by atoms with E-state index in [2.05, 4.69) is 28.5 Å². The van der Waals surface area contributed by atoms with E-state index in [-0.39, 0.29) is 6.04 Å². The highest BCUT2D eigenvalue weighted by atomic mass is 32.2. The molecule has 5 heteroatoms. The first kappa shape index (κ1) is 14.1. The van der Waals surface area contributed by atoms with Crippen LogP contribution >= 0.6 is 11.8 Å². The van der Waals surface area contributed by atoms with E-state index in [0.717, 1.165) is 30.8 Å². The number of nitrogens with zero attached hydrogens (tertiary/aromatic N) is 2. The Morgan fingerprint density at radius 3 is 2.79 bits per heavy atom. The highest BCUT2D eigenvalue weighted by molar-refractivity contribution is 7.98. The van der Waals surface area contributed by atoms with Gasteiger partial charge in [0.2, 0.25) is 5.89 Å². The predicted octanol–water partition coefficient (Wildman–Crippen LogP) is 2.61. The van der Waals surface area contributed by atoms with Crippen LogP contribution < -0.4 is 5.73 Å². The van der Waals surface area contributed by atoms with Crippen molar-refractivity contribution in [1.82, 2.24) is 10.1 Å². The molecule has 1 heterocycles. The Balaban J connectivity index is 1.87. The summed E-state index contributed by atoms with van der Waals surface area (Å²) in [5.74, 6) is 2.29. The van der Waals surface area contributed by atoms with Crippen LogP contribution in [-0.4, -0.2) is 22.1 Å². The van der Waals surface area contributed by atoms with Gasteiger partial charge in [0, 0.05) is 6.42 Å². The first-order valence-corrected chi connectivity index (χ1v) is 7.80. The highest BCUT2D eigenvalue weighted by Gasteiger charge is 2.14. The first-order chi connectivity index (χ1) is 9.29. The fourth-order valence-electron chi connectivity index (χ4n) is 1.79. The van der Waals surface area contributed by atoms with E-state index >= 15 is 0 Å². The fraction of sp³-hybridized carbons (Fsp3) is 0.429. The molecule has 1 aromatic heterocycles. The standard InChI is InChI=1S/C14H19N3OS/c1-19-10-9-12(15)14-16-13(17-18-14)8-7-11-5-3-2-4-6-11/h2-6,12H,7-10,15H2,1H3/t12-/m0/s1. The van der Waals surface area contributed by atoms with Crippen LogP contribution in [0, 0.1) is 0 Å². The minimum atomic E-state index is -0.148. The maximum absolute atomic E-state index is 5.99. The van der Waals surface area contributed by atoms with Gasteiger partial charge >= 0.3 is 0 Å². The van der Waals surface area contributed by atoms with Gasteiger partial charge in [-0.3, -0.25) is 0 Å². The lowest BCUT2D eigenvalue weighted by molar-refractivity contribution is 0.348. The summed E-state index contributed by atoms with van der Waals surface area (Å²) < 4.78 is 5.22. The second-order valence-electron chi connectivity index (χ2n) is 4.42. The minimum absolute atomic E-state index is 0.148. The highest BCUT2D eigenvalue weighted by Crippen LogP contribution is 2.14. The van der Waals surface area contributed by atoms with Gasteiger partial charge in [0.05, 0.1) is 6.04 Å². The largest absolute Gasteiger partial charge is 0.338 e. The summed E-state index contributed by atoms with van der Waals surface area (Å²) in [5, 5.41) is 3.99. The summed E-state index contributed by atoms with van der Waals surface area (Å²) in [6.45, 7) is 0. The van der Waals surface area contributed by atoms with Crippen molar-refractivity contribution in [3.05, 3.63) is 47.6 Å². The Hall–Kier alpha value is -1.33. The van der Waals surface area contributed by atoms with E-state index in [0.29, 0.717) is 5.89 Å². The van der Waals surface area contributed by atoms with Crippen LogP contribution in [0.5, 0.6) is 0 Å². The zero-order chi connectivity index (χ0) is 13.5. The molecule has 0 bridgehead atoms. The molecule has 0 aliphatic carbocycles. The molecule has 4 nitrogen and oxygen atoms in total. The van der Waals surface area contributed by atoms with E-state index in [1.807, 2.05) is 18.2 Å². The smallest absolute Gasteiger partial charge is 0.243 e. The van der Waals surface area contributed by atoms with E-state index in [1.54, 1.807) is 11.8 Å². The number of rotatable bonds is 7. The van der Waals surface area contributed by atoms with Crippen LogP contribution in [0.1, 0.15) is 29.7 Å². The van der Waals surface area contributed by atoms with Gasteiger partial charge in [-0.1, -0.05) is 35.5 Å². The van der Waals surface area contributed by atoms with Crippen molar-refractivity contribution >= 4 is 11.8 Å². The van der Waals surface area contributed by atoms with Gasteiger partial charge in [-0.2, -0.15) is 16.7 Å². The zero-order valence-electron chi connectivity index (χ0n) is 11.1. The van der Waals surface area contributed by atoms with Crippen molar-refractivity contribution < 1.29 is 4.52 Å². The molecule has 0 amide bonds. The van der Waals surface area contributed by atoms with Crippen LogP contribution in [0.2, 0.25) is 0 Å². The number of thioether (sulfide) groups is 1. The molecular formula is C14H19N3OS. The number of hydrogen-bond donors (Lipinski definition) is 1. The third kappa shape index (κ3) is 4.36. The zero-order valence-corrected chi connectivity index (χ0v) is 11.9. The van der Waals surface area contributed by atoms with E-state index in [1.165, 1.54) is 5.56 Å². The average Bonchev–Trinajstić information content (AvgIpc) is 2.92. The Morgan fingerprint density at radius 2 is 2.05 bits per heavy atom. The molecule has 2 N–H and O–H groups in total. The topological polar surface area (TPSA) is 64.9 Å². The van der Waals surface area contributed by atoms with Crippen molar-refractivity contribution in [3.8, 4) is 0 Å². The average molecular weight is 277 g/mol. The summed E-state index contributed by atoms with van der Waals surface area (Å²) in [5.41, 5.74) is 7.27.